The first kappa shape index (κ1) is 20.6. The van der Waals surface area contributed by atoms with Crippen molar-refractivity contribution in [3.05, 3.63) is 52.6 Å². The van der Waals surface area contributed by atoms with Gasteiger partial charge in [0.05, 0.1) is 10.7 Å². The SMILES string of the molecule is NC(=O)/C(=C1\Nc2ccc(CN3CCNCC3)cc2S1)c1nccc(C(F)(F)F)n1. The largest absolute Gasteiger partial charge is 0.433 e. The number of alkyl halides is 3. The molecule has 0 radical (unpaired) electrons. The number of carbonyl (C=O) groups excluding carboxylic acids is 1. The smallest absolute Gasteiger partial charge is 0.365 e. The van der Waals surface area contributed by atoms with E-state index < -0.39 is 17.8 Å². The third-order valence-electron chi connectivity index (χ3n) is 4.77. The van der Waals surface area contributed by atoms with Gasteiger partial charge in [-0.15, -0.1) is 0 Å². The molecular weight excluding hydrogens is 417 g/mol. The van der Waals surface area contributed by atoms with Crippen molar-refractivity contribution in [1.29, 1.82) is 0 Å². The fourth-order valence-corrected chi connectivity index (χ4v) is 4.43. The quantitative estimate of drug-likeness (QED) is 0.633. The second-order valence-corrected chi connectivity index (χ2v) is 7.97. The van der Waals surface area contributed by atoms with Gasteiger partial charge in [-0.25, -0.2) is 9.97 Å². The minimum Gasteiger partial charge on any atom is -0.365 e. The van der Waals surface area contributed by atoms with Crippen molar-refractivity contribution >= 4 is 28.9 Å². The molecule has 1 amide bonds. The number of fused-ring (bicyclic) bond motifs is 1. The number of thioether (sulfide) groups is 1. The number of amides is 1. The number of carbonyl (C=O) groups is 1. The Bertz CT molecular complexity index is 1000. The lowest BCUT2D eigenvalue weighted by atomic mass is 10.1. The summed E-state index contributed by atoms with van der Waals surface area (Å²) in [4.78, 5) is 22.6. The van der Waals surface area contributed by atoms with Crippen LogP contribution in [-0.2, 0) is 17.5 Å². The number of nitrogens with two attached hydrogens (primary N) is 1. The number of rotatable bonds is 4. The van der Waals surface area contributed by atoms with Crippen LogP contribution in [0.25, 0.3) is 5.57 Å². The first-order valence-corrected chi connectivity index (χ1v) is 10.1. The third kappa shape index (κ3) is 4.42. The van der Waals surface area contributed by atoms with E-state index in [9.17, 15) is 18.0 Å². The maximum Gasteiger partial charge on any atom is 0.433 e. The van der Waals surface area contributed by atoms with E-state index >= 15 is 0 Å². The van der Waals surface area contributed by atoms with Crippen molar-refractivity contribution in [2.75, 3.05) is 31.5 Å². The second-order valence-electron chi connectivity index (χ2n) is 6.92. The molecule has 4 rings (SSSR count). The number of benzene rings is 1. The lowest BCUT2D eigenvalue weighted by Crippen LogP contribution is -2.42. The summed E-state index contributed by atoms with van der Waals surface area (Å²) in [6, 6.07) is 6.63. The van der Waals surface area contributed by atoms with E-state index in [2.05, 4.69) is 25.5 Å². The van der Waals surface area contributed by atoms with E-state index in [1.54, 1.807) is 0 Å². The van der Waals surface area contributed by atoms with E-state index in [1.165, 1.54) is 11.8 Å². The molecule has 11 heteroatoms. The lowest BCUT2D eigenvalue weighted by Gasteiger charge is -2.27. The summed E-state index contributed by atoms with van der Waals surface area (Å²) < 4.78 is 39.0. The maximum atomic E-state index is 13.0. The van der Waals surface area contributed by atoms with Gasteiger partial charge in [0.25, 0.3) is 5.91 Å². The van der Waals surface area contributed by atoms with Gasteiger partial charge in [-0.1, -0.05) is 17.8 Å². The molecule has 2 aromatic rings. The number of hydrogen-bond donors (Lipinski definition) is 3. The molecule has 0 saturated carbocycles. The van der Waals surface area contributed by atoms with Crippen molar-refractivity contribution in [2.45, 2.75) is 17.6 Å². The van der Waals surface area contributed by atoms with Gasteiger partial charge in [0.1, 0.15) is 11.3 Å². The molecule has 0 atom stereocenters. The van der Waals surface area contributed by atoms with E-state index in [0.29, 0.717) is 5.03 Å². The first-order valence-electron chi connectivity index (χ1n) is 9.27. The topological polar surface area (TPSA) is 96.2 Å². The Balaban J connectivity index is 1.62. The van der Waals surface area contributed by atoms with Crippen LogP contribution in [0.15, 0.2) is 40.4 Å². The summed E-state index contributed by atoms with van der Waals surface area (Å²) in [7, 11) is 0. The molecule has 1 aromatic heterocycles. The fraction of sp³-hybridized carbons (Fsp3) is 0.316. The molecule has 3 heterocycles. The van der Waals surface area contributed by atoms with Crippen molar-refractivity contribution in [1.82, 2.24) is 20.2 Å². The first-order chi connectivity index (χ1) is 14.3. The zero-order valence-corrected chi connectivity index (χ0v) is 16.6. The monoisotopic (exact) mass is 436 g/mol. The highest BCUT2D eigenvalue weighted by atomic mass is 32.2. The van der Waals surface area contributed by atoms with E-state index in [4.69, 9.17) is 5.73 Å². The number of aromatic nitrogens is 2. The number of primary amides is 1. The molecule has 4 N–H and O–H groups in total. The van der Waals surface area contributed by atoms with Crippen LogP contribution in [0.1, 0.15) is 17.1 Å². The molecule has 1 fully saturated rings. The van der Waals surface area contributed by atoms with Crippen LogP contribution in [-0.4, -0.2) is 47.0 Å². The Kier molecular flexibility index (Phi) is 5.67. The molecule has 7 nitrogen and oxygen atoms in total. The summed E-state index contributed by atoms with van der Waals surface area (Å²) in [6.07, 6.45) is -3.68. The summed E-state index contributed by atoms with van der Waals surface area (Å²) in [6.45, 7) is 4.63. The van der Waals surface area contributed by atoms with Crippen LogP contribution in [0, 0.1) is 0 Å². The van der Waals surface area contributed by atoms with Crippen molar-refractivity contribution in [3.8, 4) is 0 Å². The summed E-state index contributed by atoms with van der Waals surface area (Å²) in [5.41, 5.74) is 6.03. The molecule has 2 aliphatic heterocycles. The number of nitrogens with one attached hydrogen (secondary N) is 2. The molecule has 30 heavy (non-hydrogen) atoms. The van der Waals surface area contributed by atoms with Crippen LogP contribution < -0.4 is 16.4 Å². The normalized spacial score (nSPS) is 18.6. The molecule has 0 unspecified atom stereocenters. The summed E-state index contributed by atoms with van der Waals surface area (Å²) >= 11 is 1.23. The Morgan fingerprint density at radius 3 is 2.70 bits per heavy atom. The Hall–Kier alpha value is -2.63. The van der Waals surface area contributed by atoms with Gasteiger partial charge < -0.3 is 16.4 Å². The average Bonchev–Trinajstić information content (AvgIpc) is 3.11. The van der Waals surface area contributed by atoms with Gasteiger partial charge in [0.2, 0.25) is 0 Å². The van der Waals surface area contributed by atoms with E-state index in [0.717, 1.165) is 61.1 Å². The van der Waals surface area contributed by atoms with Crippen molar-refractivity contribution in [2.24, 2.45) is 5.73 Å². The van der Waals surface area contributed by atoms with Crippen LogP contribution in [0.5, 0.6) is 0 Å². The Morgan fingerprint density at radius 1 is 1.23 bits per heavy atom. The van der Waals surface area contributed by atoms with Crippen LogP contribution in [0.4, 0.5) is 18.9 Å². The molecule has 0 spiro atoms. The zero-order valence-electron chi connectivity index (χ0n) is 15.8. The molecule has 1 saturated heterocycles. The third-order valence-corrected chi connectivity index (χ3v) is 5.83. The Morgan fingerprint density at radius 2 is 2.00 bits per heavy atom. The number of anilines is 1. The molecular formula is C19H19F3N6OS. The van der Waals surface area contributed by atoms with Gasteiger partial charge >= 0.3 is 6.18 Å². The standard InChI is InChI=1S/C19H19F3N6OS/c20-19(21,22)14-3-4-25-17(27-14)15(16(23)29)18-26-12-2-1-11(9-13(12)30-18)10-28-7-5-24-6-8-28/h1-4,9,24,26H,5-8,10H2,(H2,23,29)/b18-15-. The predicted molar refractivity (Wildman–Crippen MR) is 107 cm³/mol. The van der Waals surface area contributed by atoms with Gasteiger partial charge in [-0.2, -0.15) is 13.2 Å². The number of hydrogen-bond acceptors (Lipinski definition) is 7. The highest BCUT2D eigenvalue weighted by Gasteiger charge is 2.34. The van der Waals surface area contributed by atoms with Gasteiger partial charge in [-0.3, -0.25) is 9.69 Å². The number of halogens is 3. The zero-order chi connectivity index (χ0) is 21.3. The predicted octanol–water partition coefficient (Wildman–Crippen LogP) is 2.27. The summed E-state index contributed by atoms with van der Waals surface area (Å²) in [5.74, 6) is -1.26. The van der Waals surface area contributed by atoms with Crippen LogP contribution in [0.3, 0.4) is 0 Å². The average molecular weight is 436 g/mol. The number of piperazine rings is 1. The van der Waals surface area contributed by atoms with Crippen molar-refractivity contribution < 1.29 is 18.0 Å². The lowest BCUT2D eigenvalue weighted by molar-refractivity contribution is -0.141. The molecule has 2 aliphatic rings. The van der Waals surface area contributed by atoms with E-state index in [1.807, 2.05) is 18.2 Å². The molecule has 0 bridgehead atoms. The fourth-order valence-electron chi connectivity index (χ4n) is 3.31. The highest BCUT2D eigenvalue weighted by molar-refractivity contribution is 8.04. The Labute approximate surface area is 174 Å². The van der Waals surface area contributed by atoms with Crippen molar-refractivity contribution in [3.63, 3.8) is 0 Å². The second kappa shape index (κ2) is 8.25. The molecule has 0 aliphatic carbocycles. The minimum atomic E-state index is -4.65. The minimum absolute atomic E-state index is 0.175. The highest BCUT2D eigenvalue weighted by Crippen LogP contribution is 2.44. The van der Waals surface area contributed by atoms with Crippen LogP contribution in [0.2, 0.25) is 0 Å². The molecule has 158 valence electrons. The van der Waals surface area contributed by atoms with Gasteiger partial charge in [-0.05, 0) is 23.8 Å². The van der Waals surface area contributed by atoms with E-state index in [-0.39, 0.29) is 11.4 Å². The number of nitrogens with zero attached hydrogens (tertiary/aromatic N) is 3. The summed E-state index contributed by atoms with van der Waals surface area (Å²) in [5, 5.41) is 6.69. The maximum absolute atomic E-state index is 13.0. The van der Waals surface area contributed by atoms with Crippen LogP contribution >= 0.6 is 11.8 Å². The van der Waals surface area contributed by atoms with Gasteiger partial charge in [0.15, 0.2) is 5.82 Å². The molecule has 1 aromatic carbocycles. The van der Waals surface area contributed by atoms with Gasteiger partial charge in [0, 0.05) is 43.8 Å².